The number of hydrogen-bond donors (Lipinski definition) is 1. The second-order valence-corrected chi connectivity index (χ2v) is 7.45. The van der Waals surface area contributed by atoms with Gasteiger partial charge in [-0.05, 0) is 74.2 Å². The summed E-state index contributed by atoms with van der Waals surface area (Å²) >= 11 is 0. The second-order valence-electron chi connectivity index (χ2n) is 7.45. The number of amides is 1. The van der Waals surface area contributed by atoms with Crippen molar-refractivity contribution >= 4 is 23.3 Å². The van der Waals surface area contributed by atoms with E-state index < -0.39 is 5.97 Å². The van der Waals surface area contributed by atoms with Gasteiger partial charge in [0.2, 0.25) is 0 Å². The maximum absolute atomic E-state index is 12.1. The number of nitrogens with zero attached hydrogens (tertiary/aromatic N) is 1. The quantitative estimate of drug-likeness (QED) is 0.481. The highest BCUT2D eigenvalue weighted by atomic mass is 16.5. The van der Waals surface area contributed by atoms with Gasteiger partial charge >= 0.3 is 5.97 Å². The molecule has 0 saturated carbocycles. The third-order valence-corrected chi connectivity index (χ3v) is 5.06. The molecule has 2 aromatic rings. The summed E-state index contributed by atoms with van der Waals surface area (Å²) in [5, 5.41) is 2.76. The molecule has 0 radical (unpaired) electrons. The van der Waals surface area contributed by atoms with Gasteiger partial charge in [-0.15, -0.1) is 0 Å². The molecule has 1 fully saturated rings. The van der Waals surface area contributed by atoms with Gasteiger partial charge in [0.1, 0.15) is 5.75 Å². The van der Waals surface area contributed by atoms with Crippen LogP contribution in [-0.4, -0.2) is 38.2 Å². The molecule has 1 aliphatic heterocycles. The lowest BCUT2D eigenvalue weighted by Gasteiger charge is -2.28. The highest BCUT2D eigenvalue weighted by Gasteiger charge is 2.12. The van der Waals surface area contributed by atoms with Crippen molar-refractivity contribution in [3.8, 4) is 5.75 Å². The van der Waals surface area contributed by atoms with E-state index in [0.717, 1.165) is 25.9 Å². The van der Waals surface area contributed by atoms with Crippen molar-refractivity contribution in [2.45, 2.75) is 39.0 Å². The third kappa shape index (κ3) is 6.51. The van der Waals surface area contributed by atoms with Crippen molar-refractivity contribution in [3.05, 3.63) is 54.1 Å². The zero-order valence-corrected chi connectivity index (χ0v) is 17.6. The fourth-order valence-electron chi connectivity index (χ4n) is 3.34. The molecule has 0 aliphatic carbocycles. The molecule has 3 rings (SSSR count). The fraction of sp³-hybridized carbons (Fsp3) is 0.417. The van der Waals surface area contributed by atoms with Crippen LogP contribution >= 0.6 is 0 Å². The minimum atomic E-state index is -0.536. The molecule has 0 aromatic heterocycles. The number of unbranched alkanes of at least 4 members (excludes halogenated alkanes) is 1. The van der Waals surface area contributed by atoms with Gasteiger partial charge in [-0.25, -0.2) is 4.79 Å². The first-order valence-corrected chi connectivity index (χ1v) is 10.7. The van der Waals surface area contributed by atoms with Crippen LogP contribution in [0.4, 0.5) is 11.4 Å². The Balaban J connectivity index is 1.43. The number of ether oxygens (including phenoxy) is 2. The van der Waals surface area contributed by atoms with Gasteiger partial charge in [-0.1, -0.05) is 13.3 Å². The SMILES string of the molecule is CCCCOc1ccc(C(=O)OCC(=O)Nc2ccc(N3CCCCC3)cc2)cc1. The lowest BCUT2D eigenvalue weighted by Crippen LogP contribution is -2.29. The lowest BCUT2D eigenvalue weighted by molar-refractivity contribution is -0.119. The minimum Gasteiger partial charge on any atom is -0.494 e. The Labute approximate surface area is 178 Å². The Hall–Kier alpha value is -3.02. The Morgan fingerprint density at radius 3 is 2.33 bits per heavy atom. The molecule has 1 amide bonds. The van der Waals surface area contributed by atoms with Crippen LogP contribution in [0.2, 0.25) is 0 Å². The zero-order valence-electron chi connectivity index (χ0n) is 17.6. The number of rotatable bonds is 9. The number of piperidine rings is 1. The predicted molar refractivity (Wildman–Crippen MR) is 118 cm³/mol. The summed E-state index contributed by atoms with van der Waals surface area (Å²) in [5.41, 5.74) is 2.24. The molecular weight excluding hydrogens is 380 g/mol. The summed E-state index contributed by atoms with van der Waals surface area (Å²) in [6, 6.07) is 14.5. The Bertz CT molecular complexity index is 812. The summed E-state index contributed by atoms with van der Waals surface area (Å²) in [6.07, 6.45) is 5.78. The molecule has 2 aromatic carbocycles. The van der Waals surface area contributed by atoms with E-state index in [2.05, 4.69) is 17.1 Å². The summed E-state index contributed by atoms with van der Waals surface area (Å²) < 4.78 is 10.7. The van der Waals surface area contributed by atoms with Crippen molar-refractivity contribution in [2.75, 3.05) is 36.5 Å². The maximum Gasteiger partial charge on any atom is 0.338 e. The van der Waals surface area contributed by atoms with Gasteiger partial charge in [0.15, 0.2) is 6.61 Å². The molecular formula is C24H30N2O4. The van der Waals surface area contributed by atoms with Gasteiger partial charge in [-0.2, -0.15) is 0 Å². The van der Waals surface area contributed by atoms with Crippen LogP contribution in [0.25, 0.3) is 0 Å². The predicted octanol–water partition coefficient (Wildman–Crippen LogP) is 4.65. The molecule has 0 spiro atoms. The number of anilines is 2. The van der Waals surface area contributed by atoms with Gasteiger partial charge in [0.25, 0.3) is 5.91 Å². The molecule has 30 heavy (non-hydrogen) atoms. The highest BCUT2D eigenvalue weighted by Crippen LogP contribution is 2.21. The summed E-state index contributed by atoms with van der Waals surface area (Å²) in [4.78, 5) is 26.6. The summed E-state index contributed by atoms with van der Waals surface area (Å²) in [5.74, 6) is -0.190. The first kappa shape index (κ1) is 21.7. The van der Waals surface area contributed by atoms with Crippen molar-refractivity contribution in [1.82, 2.24) is 0 Å². The molecule has 1 N–H and O–H groups in total. The van der Waals surface area contributed by atoms with Gasteiger partial charge in [-0.3, -0.25) is 4.79 Å². The number of benzene rings is 2. The average Bonchev–Trinajstić information content (AvgIpc) is 2.79. The molecule has 6 heteroatoms. The van der Waals surface area contributed by atoms with E-state index in [9.17, 15) is 9.59 Å². The van der Waals surface area contributed by atoms with Crippen molar-refractivity contribution in [1.29, 1.82) is 0 Å². The smallest absolute Gasteiger partial charge is 0.338 e. The Morgan fingerprint density at radius 1 is 0.967 bits per heavy atom. The van der Waals surface area contributed by atoms with Gasteiger partial charge in [0, 0.05) is 24.5 Å². The molecule has 6 nitrogen and oxygen atoms in total. The van der Waals surface area contributed by atoms with E-state index in [1.165, 1.54) is 24.9 Å². The largest absolute Gasteiger partial charge is 0.494 e. The van der Waals surface area contributed by atoms with Crippen LogP contribution in [-0.2, 0) is 9.53 Å². The van der Waals surface area contributed by atoms with Crippen LogP contribution in [0, 0.1) is 0 Å². The van der Waals surface area contributed by atoms with E-state index in [0.29, 0.717) is 23.6 Å². The van der Waals surface area contributed by atoms with E-state index >= 15 is 0 Å². The van der Waals surface area contributed by atoms with Crippen molar-refractivity contribution in [2.24, 2.45) is 0 Å². The molecule has 1 saturated heterocycles. The number of carbonyl (C=O) groups excluding carboxylic acids is 2. The standard InChI is InChI=1S/C24H30N2O4/c1-2-3-17-29-22-13-7-19(8-14-22)24(28)30-18-23(27)25-20-9-11-21(12-10-20)26-15-5-4-6-16-26/h7-14H,2-6,15-18H2,1H3,(H,25,27). The number of carbonyl (C=O) groups is 2. The molecule has 0 unspecified atom stereocenters. The maximum atomic E-state index is 12.1. The van der Waals surface area contributed by atoms with Crippen molar-refractivity contribution < 1.29 is 19.1 Å². The van der Waals surface area contributed by atoms with Crippen LogP contribution < -0.4 is 15.0 Å². The first-order valence-electron chi connectivity index (χ1n) is 10.7. The zero-order chi connectivity index (χ0) is 21.2. The van der Waals surface area contributed by atoms with Crippen molar-refractivity contribution in [3.63, 3.8) is 0 Å². The summed E-state index contributed by atoms with van der Waals surface area (Å²) in [7, 11) is 0. The summed E-state index contributed by atoms with van der Waals surface area (Å²) in [6.45, 7) is 4.57. The van der Waals surface area contributed by atoms with E-state index in [1.807, 2.05) is 24.3 Å². The lowest BCUT2D eigenvalue weighted by atomic mass is 10.1. The van der Waals surface area contributed by atoms with Crippen LogP contribution in [0.1, 0.15) is 49.4 Å². The van der Waals surface area contributed by atoms with Crippen LogP contribution in [0.15, 0.2) is 48.5 Å². The monoisotopic (exact) mass is 410 g/mol. The normalized spacial score (nSPS) is 13.6. The van der Waals surface area contributed by atoms with Gasteiger partial charge in [0.05, 0.1) is 12.2 Å². The Kier molecular flexibility index (Phi) is 8.12. The van der Waals surface area contributed by atoms with E-state index in [1.54, 1.807) is 24.3 Å². The molecule has 0 atom stereocenters. The molecule has 1 aliphatic rings. The number of nitrogens with one attached hydrogen (secondary N) is 1. The Morgan fingerprint density at radius 2 is 1.67 bits per heavy atom. The number of hydrogen-bond acceptors (Lipinski definition) is 5. The molecule has 1 heterocycles. The highest BCUT2D eigenvalue weighted by molar-refractivity contribution is 5.95. The molecule has 160 valence electrons. The average molecular weight is 411 g/mol. The minimum absolute atomic E-state index is 0.332. The van der Waals surface area contributed by atoms with Crippen LogP contribution in [0.3, 0.4) is 0 Å². The van der Waals surface area contributed by atoms with Gasteiger partial charge < -0.3 is 19.7 Å². The third-order valence-electron chi connectivity index (χ3n) is 5.06. The van der Waals surface area contributed by atoms with E-state index in [4.69, 9.17) is 9.47 Å². The van der Waals surface area contributed by atoms with E-state index in [-0.39, 0.29) is 12.5 Å². The molecule has 0 bridgehead atoms. The topological polar surface area (TPSA) is 67.9 Å². The number of esters is 1. The second kappa shape index (κ2) is 11.2. The van der Waals surface area contributed by atoms with Crippen LogP contribution in [0.5, 0.6) is 5.75 Å². The fourth-order valence-corrected chi connectivity index (χ4v) is 3.34. The first-order chi connectivity index (χ1) is 14.7.